The standard InChI is InChI=1S/C17H15ClN2O/c1-20(2)12-8-7-11-9-16(19-17(21)14(11)10-12)13-5-3-4-6-15(13)18/h3-10H,1-2H3,(H,19,21). The number of nitrogens with zero attached hydrogens (tertiary/aromatic N) is 1. The molecule has 1 N–H and O–H groups in total. The van der Waals surface area contributed by atoms with Gasteiger partial charge in [-0.2, -0.15) is 0 Å². The lowest BCUT2D eigenvalue weighted by Crippen LogP contribution is -2.11. The van der Waals surface area contributed by atoms with Crippen LogP contribution in [-0.4, -0.2) is 19.1 Å². The van der Waals surface area contributed by atoms with E-state index >= 15 is 0 Å². The Kier molecular flexibility index (Phi) is 3.43. The first-order valence-corrected chi connectivity index (χ1v) is 7.03. The fourth-order valence-electron chi connectivity index (χ4n) is 2.35. The molecule has 0 fully saturated rings. The van der Waals surface area contributed by atoms with Crippen LogP contribution in [0.2, 0.25) is 5.02 Å². The molecule has 1 heterocycles. The third-order valence-electron chi connectivity index (χ3n) is 3.51. The molecule has 106 valence electrons. The number of nitrogens with one attached hydrogen (secondary N) is 1. The fourth-order valence-corrected chi connectivity index (χ4v) is 2.59. The smallest absolute Gasteiger partial charge is 0.256 e. The van der Waals surface area contributed by atoms with E-state index in [-0.39, 0.29) is 5.56 Å². The van der Waals surface area contributed by atoms with Crippen LogP contribution in [-0.2, 0) is 0 Å². The Morgan fingerprint density at radius 1 is 1.05 bits per heavy atom. The van der Waals surface area contributed by atoms with Crippen molar-refractivity contribution in [2.24, 2.45) is 0 Å². The molecule has 4 heteroatoms. The van der Waals surface area contributed by atoms with Gasteiger partial charge < -0.3 is 9.88 Å². The summed E-state index contributed by atoms with van der Waals surface area (Å²) in [6.07, 6.45) is 0. The van der Waals surface area contributed by atoms with Crippen molar-refractivity contribution in [3.05, 3.63) is 63.9 Å². The highest BCUT2D eigenvalue weighted by atomic mass is 35.5. The molecule has 0 aliphatic heterocycles. The van der Waals surface area contributed by atoms with Gasteiger partial charge in [0.05, 0.1) is 5.69 Å². The van der Waals surface area contributed by atoms with E-state index in [1.54, 1.807) is 0 Å². The van der Waals surface area contributed by atoms with E-state index in [0.29, 0.717) is 10.4 Å². The van der Waals surface area contributed by atoms with E-state index in [4.69, 9.17) is 11.6 Å². The summed E-state index contributed by atoms with van der Waals surface area (Å²) in [7, 11) is 3.90. The second kappa shape index (κ2) is 5.26. The number of fused-ring (bicyclic) bond motifs is 1. The van der Waals surface area contributed by atoms with Gasteiger partial charge >= 0.3 is 0 Å². The average molecular weight is 299 g/mol. The van der Waals surface area contributed by atoms with Crippen LogP contribution in [0.15, 0.2) is 53.3 Å². The predicted octanol–water partition coefficient (Wildman–Crippen LogP) is 3.91. The zero-order chi connectivity index (χ0) is 15.0. The first-order chi connectivity index (χ1) is 10.1. The van der Waals surface area contributed by atoms with Crippen LogP contribution >= 0.6 is 11.6 Å². The molecule has 0 radical (unpaired) electrons. The lowest BCUT2D eigenvalue weighted by atomic mass is 10.1. The van der Waals surface area contributed by atoms with E-state index in [2.05, 4.69) is 4.98 Å². The van der Waals surface area contributed by atoms with Crippen molar-refractivity contribution in [2.75, 3.05) is 19.0 Å². The summed E-state index contributed by atoms with van der Waals surface area (Å²) in [5.41, 5.74) is 2.45. The predicted molar refractivity (Wildman–Crippen MR) is 89.3 cm³/mol. The monoisotopic (exact) mass is 298 g/mol. The van der Waals surface area contributed by atoms with Gasteiger partial charge in [0.25, 0.3) is 5.56 Å². The van der Waals surface area contributed by atoms with E-state index in [0.717, 1.165) is 22.3 Å². The molecule has 0 atom stereocenters. The van der Waals surface area contributed by atoms with E-state index < -0.39 is 0 Å². The number of pyridine rings is 1. The third-order valence-corrected chi connectivity index (χ3v) is 3.84. The van der Waals surface area contributed by atoms with Crippen LogP contribution in [0.4, 0.5) is 5.69 Å². The zero-order valence-corrected chi connectivity index (χ0v) is 12.6. The summed E-state index contributed by atoms with van der Waals surface area (Å²) in [5, 5.41) is 2.20. The number of benzene rings is 2. The Morgan fingerprint density at radius 3 is 2.52 bits per heavy atom. The van der Waals surface area contributed by atoms with Gasteiger partial charge in [0.2, 0.25) is 0 Å². The number of hydrogen-bond acceptors (Lipinski definition) is 2. The van der Waals surface area contributed by atoms with Crippen molar-refractivity contribution in [1.82, 2.24) is 4.98 Å². The molecule has 0 saturated carbocycles. The highest BCUT2D eigenvalue weighted by Gasteiger charge is 2.08. The molecule has 0 bridgehead atoms. The number of aromatic nitrogens is 1. The van der Waals surface area contributed by atoms with Gasteiger partial charge in [-0.3, -0.25) is 4.79 Å². The molecule has 2 aromatic carbocycles. The zero-order valence-electron chi connectivity index (χ0n) is 11.9. The SMILES string of the molecule is CN(C)c1ccc2cc(-c3ccccc3Cl)[nH]c(=O)c2c1. The van der Waals surface area contributed by atoms with Gasteiger partial charge in [-0.1, -0.05) is 35.9 Å². The van der Waals surface area contributed by atoms with Crippen LogP contribution in [0, 0.1) is 0 Å². The molecule has 0 aliphatic carbocycles. The first kappa shape index (κ1) is 13.7. The molecule has 0 unspecified atom stereocenters. The van der Waals surface area contributed by atoms with Crippen LogP contribution in [0.3, 0.4) is 0 Å². The van der Waals surface area contributed by atoms with E-state index in [1.807, 2.05) is 67.5 Å². The number of aromatic amines is 1. The van der Waals surface area contributed by atoms with Gasteiger partial charge in [-0.15, -0.1) is 0 Å². The molecule has 3 aromatic rings. The van der Waals surface area contributed by atoms with Gasteiger partial charge in [-0.05, 0) is 29.7 Å². The van der Waals surface area contributed by atoms with Gasteiger partial charge in [-0.25, -0.2) is 0 Å². The summed E-state index contributed by atoms with van der Waals surface area (Å²) in [6.45, 7) is 0. The minimum atomic E-state index is -0.105. The fraction of sp³-hybridized carbons (Fsp3) is 0.118. The van der Waals surface area contributed by atoms with E-state index in [1.165, 1.54) is 0 Å². The number of H-pyrrole nitrogens is 1. The Hall–Kier alpha value is -2.26. The van der Waals surface area contributed by atoms with Crippen molar-refractivity contribution in [2.45, 2.75) is 0 Å². The molecular weight excluding hydrogens is 284 g/mol. The normalized spacial score (nSPS) is 10.8. The van der Waals surface area contributed by atoms with Gasteiger partial charge in [0, 0.05) is 35.8 Å². The number of rotatable bonds is 2. The lowest BCUT2D eigenvalue weighted by Gasteiger charge is -2.13. The Labute approximate surface area is 127 Å². The Balaban J connectivity index is 2.23. The molecule has 0 spiro atoms. The van der Waals surface area contributed by atoms with Crippen molar-refractivity contribution in [3.63, 3.8) is 0 Å². The minimum Gasteiger partial charge on any atom is -0.378 e. The number of anilines is 1. The van der Waals surface area contributed by atoms with Crippen LogP contribution < -0.4 is 10.5 Å². The second-order valence-corrected chi connectivity index (χ2v) is 5.57. The van der Waals surface area contributed by atoms with Gasteiger partial charge in [0.1, 0.15) is 0 Å². The second-order valence-electron chi connectivity index (χ2n) is 5.16. The molecule has 3 rings (SSSR count). The lowest BCUT2D eigenvalue weighted by molar-refractivity contribution is 1.13. The quantitative estimate of drug-likeness (QED) is 0.778. The molecule has 21 heavy (non-hydrogen) atoms. The maximum Gasteiger partial charge on any atom is 0.256 e. The summed E-state index contributed by atoms with van der Waals surface area (Å²) >= 11 is 6.20. The third kappa shape index (κ3) is 2.52. The summed E-state index contributed by atoms with van der Waals surface area (Å²) in [6, 6.07) is 15.3. The van der Waals surface area contributed by atoms with Crippen molar-refractivity contribution in [3.8, 4) is 11.3 Å². The summed E-state index contributed by atoms with van der Waals surface area (Å²) in [5.74, 6) is 0. The highest BCUT2D eigenvalue weighted by Crippen LogP contribution is 2.27. The Morgan fingerprint density at radius 2 is 1.81 bits per heavy atom. The van der Waals surface area contributed by atoms with Crippen molar-refractivity contribution < 1.29 is 0 Å². The summed E-state index contributed by atoms with van der Waals surface area (Å²) in [4.78, 5) is 17.2. The maximum absolute atomic E-state index is 12.3. The Bertz CT molecular complexity index is 868. The molecule has 1 aromatic heterocycles. The minimum absolute atomic E-state index is 0.105. The highest BCUT2D eigenvalue weighted by molar-refractivity contribution is 6.33. The molecule has 0 aliphatic rings. The van der Waals surface area contributed by atoms with Crippen molar-refractivity contribution in [1.29, 1.82) is 0 Å². The maximum atomic E-state index is 12.3. The molecule has 0 saturated heterocycles. The number of hydrogen-bond donors (Lipinski definition) is 1. The van der Waals surface area contributed by atoms with Crippen LogP contribution in [0.1, 0.15) is 0 Å². The number of halogens is 1. The largest absolute Gasteiger partial charge is 0.378 e. The van der Waals surface area contributed by atoms with Crippen LogP contribution in [0.5, 0.6) is 0 Å². The molecular formula is C17H15ClN2O. The van der Waals surface area contributed by atoms with Crippen molar-refractivity contribution >= 4 is 28.1 Å². The molecule has 0 amide bonds. The average Bonchev–Trinajstić information content (AvgIpc) is 2.47. The van der Waals surface area contributed by atoms with Crippen LogP contribution in [0.25, 0.3) is 22.0 Å². The summed E-state index contributed by atoms with van der Waals surface area (Å²) < 4.78 is 0. The first-order valence-electron chi connectivity index (χ1n) is 6.65. The molecule has 3 nitrogen and oxygen atoms in total. The van der Waals surface area contributed by atoms with Gasteiger partial charge in [0.15, 0.2) is 0 Å². The van der Waals surface area contributed by atoms with E-state index in [9.17, 15) is 4.79 Å². The topological polar surface area (TPSA) is 36.1 Å².